The van der Waals surface area contributed by atoms with Crippen molar-refractivity contribution in [3.8, 4) is 5.75 Å². The van der Waals surface area contributed by atoms with E-state index in [1.165, 1.54) is 10.6 Å². The Balaban J connectivity index is 1.28. The van der Waals surface area contributed by atoms with Crippen LogP contribution in [-0.4, -0.2) is 76.3 Å². The number of halogens is 1. The first kappa shape index (κ1) is 21.9. The lowest BCUT2D eigenvalue weighted by molar-refractivity contribution is 0.0620. The Morgan fingerprint density at radius 1 is 1.03 bits per heavy atom. The minimum Gasteiger partial charge on any atom is -0.492 e. The van der Waals surface area contributed by atoms with Crippen LogP contribution in [-0.2, 0) is 16.4 Å². The molecule has 0 aromatic heterocycles. The van der Waals surface area contributed by atoms with Crippen LogP contribution < -0.4 is 9.04 Å². The number of nitrogens with zero attached hydrogens (tertiary/aromatic N) is 3. The van der Waals surface area contributed by atoms with E-state index >= 15 is 0 Å². The quantitative estimate of drug-likeness (QED) is 0.658. The molecule has 0 aliphatic carbocycles. The molecule has 0 spiro atoms. The molecule has 1 amide bonds. The Morgan fingerprint density at radius 2 is 1.74 bits per heavy atom. The highest BCUT2D eigenvalue weighted by atomic mass is 35.5. The number of amides is 1. The Morgan fingerprint density at radius 3 is 2.42 bits per heavy atom. The number of anilines is 1. The van der Waals surface area contributed by atoms with Gasteiger partial charge in [-0.3, -0.25) is 14.0 Å². The Kier molecular flexibility index (Phi) is 6.41. The lowest BCUT2D eigenvalue weighted by atomic mass is 10.1. The summed E-state index contributed by atoms with van der Waals surface area (Å²) in [5.41, 5.74) is 2.22. The molecule has 0 atom stereocenters. The van der Waals surface area contributed by atoms with E-state index in [4.69, 9.17) is 16.3 Å². The molecule has 2 aliphatic heterocycles. The van der Waals surface area contributed by atoms with E-state index in [2.05, 4.69) is 4.90 Å². The van der Waals surface area contributed by atoms with Crippen molar-refractivity contribution < 1.29 is 17.9 Å². The summed E-state index contributed by atoms with van der Waals surface area (Å²) in [7, 11) is -3.29. The second kappa shape index (κ2) is 9.06. The molecule has 2 aliphatic rings. The van der Waals surface area contributed by atoms with E-state index < -0.39 is 10.0 Å². The highest BCUT2D eigenvalue weighted by Crippen LogP contribution is 2.31. The van der Waals surface area contributed by atoms with E-state index in [1.54, 1.807) is 24.3 Å². The van der Waals surface area contributed by atoms with E-state index in [0.717, 1.165) is 30.9 Å². The lowest BCUT2D eigenvalue weighted by Crippen LogP contribution is -2.49. The fraction of sp³-hybridized carbons (Fsp3) is 0.409. The first-order valence-corrected chi connectivity index (χ1v) is 12.5. The van der Waals surface area contributed by atoms with Gasteiger partial charge in [-0.1, -0.05) is 11.6 Å². The highest BCUT2D eigenvalue weighted by molar-refractivity contribution is 7.92. The molecule has 2 aromatic carbocycles. The number of fused-ring (bicyclic) bond motifs is 1. The topological polar surface area (TPSA) is 70.2 Å². The summed E-state index contributed by atoms with van der Waals surface area (Å²) in [5, 5.41) is 0.684. The number of benzene rings is 2. The molecule has 4 rings (SSSR count). The number of ether oxygens (including phenoxy) is 1. The third-order valence-electron chi connectivity index (χ3n) is 5.73. The number of carbonyl (C=O) groups excluding carboxylic acids is 1. The van der Waals surface area contributed by atoms with Crippen LogP contribution in [0.4, 0.5) is 5.69 Å². The third kappa shape index (κ3) is 5.14. The largest absolute Gasteiger partial charge is 0.492 e. The summed E-state index contributed by atoms with van der Waals surface area (Å²) >= 11 is 5.88. The fourth-order valence-corrected chi connectivity index (χ4v) is 5.11. The normalized spacial score (nSPS) is 17.0. The number of hydrogen-bond donors (Lipinski definition) is 0. The molecular formula is C22H26ClN3O4S. The van der Waals surface area contributed by atoms with Crippen LogP contribution in [0.25, 0.3) is 0 Å². The molecule has 0 N–H and O–H groups in total. The smallest absolute Gasteiger partial charge is 0.253 e. The molecule has 2 aromatic rings. The molecule has 166 valence electrons. The zero-order valence-corrected chi connectivity index (χ0v) is 19.0. The first-order valence-electron chi connectivity index (χ1n) is 10.3. The molecule has 2 heterocycles. The number of hydrogen-bond acceptors (Lipinski definition) is 5. The molecule has 1 saturated heterocycles. The Bertz CT molecular complexity index is 1050. The molecular weight excluding hydrogens is 438 g/mol. The van der Waals surface area contributed by atoms with E-state index in [-0.39, 0.29) is 5.91 Å². The molecule has 31 heavy (non-hydrogen) atoms. The first-order chi connectivity index (χ1) is 14.8. The van der Waals surface area contributed by atoms with Gasteiger partial charge in [0.15, 0.2) is 0 Å². The molecule has 7 nitrogen and oxygen atoms in total. The van der Waals surface area contributed by atoms with Crippen molar-refractivity contribution in [3.63, 3.8) is 0 Å². The summed E-state index contributed by atoms with van der Waals surface area (Å²) in [5.74, 6) is 0.793. The maximum Gasteiger partial charge on any atom is 0.253 e. The second-order valence-electron chi connectivity index (χ2n) is 7.86. The van der Waals surface area contributed by atoms with E-state index in [0.29, 0.717) is 48.9 Å². The SMILES string of the molecule is CS(=O)(=O)N1CCc2cc(C(=O)N3CCN(CCOc4ccc(Cl)cc4)CC3)ccc21. The number of rotatable bonds is 6. The third-order valence-corrected chi connectivity index (χ3v) is 7.16. The van der Waals surface area contributed by atoms with Gasteiger partial charge in [-0.05, 0) is 54.4 Å². The van der Waals surface area contributed by atoms with Gasteiger partial charge in [-0.25, -0.2) is 8.42 Å². The standard InChI is InChI=1S/C22H26ClN3O4S/c1-31(28,29)26-9-8-17-16-18(2-7-21(17)26)22(27)25-12-10-24(11-13-25)14-15-30-20-5-3-19(23)4-6-20/h2-7,16H,8-15H2,1H3. The van der Waals surface area contributed by atoms with Crippen molar-refractivity contribution in [3.05, 3.63) is 58.6 Å². The lowest BCUT2D eigenvalue weighted by Gasteiger charge is -2.34. The van der Waals surface area contributed by atoms with E-state index in [1.807, 2.05) is 23.1 Å². The van der Waals surface area contributed by atoms with Crippen molar-refractivity contribution in [1.29, 1.82) is 0 Å². The predicted molar refractivity (Wildman–Crippen MR) is 122 cm³/mol. The summed E-state index contributed by atoms with van der Waals surface area (Å²) in [4.78, 5) is 17.1. The summed E-state index contributed by atoms with van der Waals surface area (Å²) < 4.78 is 30.9. The maximum atomic E-state index is 13.0. The van der Waals surface area contributed by atoms with Gasteiger partial charge in [-0.2, -0.15) is 0 Å². The van der Waals surface area contributed by atoms with Crippen LogP contribution in [0.15, 0.2) is 42.5 Å². The van der Waals surface area contributed by atoms with Crippen molar-refractivity contribution in [2.24, 2.45) is 0 Å². The van der Waals surface area contributed by atoms with Crippen LogP contribution >= 0.6 is 11.6 Å². The molecule has 0 bridgehead atoms. The van der Waals surface area contributed by atoms with Gasteiger partial charge in [0.1, 0.15) is 12.4 Å². The maximum absolute atomic E-state index is 13.0. The van der Waals surface area contributed by atoms with Gasteiger partial charge < -0.3 is 9.64 Å². The van der Waals surface area contributed by atoms with Crippen LogP contribution in [0.5, 0.6) is 5.75 Å². The van der Waals surface area contributed by atoms with Crippen LogP contribution in [0, 0.1) is 0 Å². The van der Waals surface area contributed by atoms with Crippen molar-refractivity contribution >= 4 is 33.2 Å². The molecule has 0 saturated carbocycles. The highest BCUT2D eigenvalue weighted by Gasteiger charge is 2.28. The Hall–Kier alpha value is -2.29. The number of piperazine rings is 1. The fourth-order valence-electron chi connectivity index (χ4n) is 4.03. The molecule has 0 radical (unpaired) electrons. The predicted octanol–water partition coefficient (Wildman–Crippen LogP) is 2.50. The summed E-state index contributed by atoms with van der Waals surface area (Å²) in [6.45, 7) is 4.72. The van der Waals surface area contributed by atoms with Crippen LogP contribution in [0.3, 0.4) is 0 Å². The van der Waals surface area contributed by atoms with Crippen LogP contribution in [0.2, 0.25) is 5.02 Å². The zero-order chi connectivity index (χ0) is 22.0. The summed E-state index contributed by atoms with van der Waals surface area (Å²) in [6, 6.07) is 12.6. The van der Waals surface area contributed by atoms with Crippen LogP contribution in [0.1, 0.15) is 15.9 Å². The molecule has 1 fully saturated rings. The van der Waals surface area contributed by atoms with Gasteiger partial charge in [0.05, 0.1) is 11.9 Å². The zero-order valence-electron chi connectivity index (χ0n) is 17.5. The van der Waals surface area contributed by atoms with Gasteiger partial charge >= 0.3 is 0 Å². The van der Waals surface area contributed by atoms with Crippen molar-refractivity contribution in [2.45, 2.75) is 6.42 Å². The Labute approximate surface area is 188 Å². The molecule has 0 unspecified atom stereocenters. The van der Waals surface area contributed by atoms with Gasteiger partial charge in [-0.15, -0.1) is 0 Å². The van der Waals surface area contributed by atoms with Gasteiger partial charge in [0, 0.05) is 49.9 Å². The second-order valence-corrected chi connectivity index (χ2v) is 10.2. The van der Waals surface area contributed by atoms with Crippen molar-refractivity contribution in [2.75, 3.05) is 56.4 Å². The molecule has 9 heteroatoms. The monoisotopic (exact) mass is 463 g/mol. The summed E-state index contributed by atoms with van der Waals surface area (Å²) in [6.07, 6.45) is 1.84. The number of sulfonamides is 1. The minimum absolute atomic E-state index is 0.00216. The van der Waals surface area contributed by atoms with Gasteiger partial charge in [0.25, 0.3) is 5.91 Å². The van der Waals surface area contributed by atoms with Gasteiger partial charge in [0.2, 0.25) is 10.0 Å². The number of carbonyl (C=O) groups is 1. The average molecular weight is 464 g/mol. The van der Waals surface area contributed by atoms with Crippen molar-refractivity contribution in [1.82, 2.24) is 9.80 Å². The average Bonchev–Trinajstić information content (AvgIpc) is 3.19. The van der Waals surface area contributed by atoms with E-state index in [9.17, 15) is 13.2 Å². The minimum atomic E-state index is -3.29.